The molecule has 7 nitrogen and oxygen atoms in total. The zero-order chi connectivity index (χ0) is 17.5. The Morgan fingerprint density at radius 2 is 2.08 bits per heavy atom. The molecule has 0 saturated carbocycles. The Labute approximate surface area is 146 Å². The molecule has 3 N–H and O–H groups in total. The minimum absolute atomic E-state index is 0.345. The van der Waals surface area contributed by atoms with Crippen LogP contribution >= 0.6 is 0 Å². The van der Waals surface area contributed by atoms with Gasteiger partial charge >= 0.3 is 0 Å². The highest BCUT2D eigenvalue weighted by atomic mass is 16.5. The molecule has 0 amide bonds. The molecule has 0 aliphatic carbocycles. The lowest BCUT2D eigenvalue weighted by molar-refractivity contribution is 0.297. The van der Waals surface area contributed by atoms with E-state index >= 15 is 0 Å². The number of guanidine groups is 1. The molecule has 0 atom stereocenters. The van der Waals surface area contributed by atoms with Crippen LogP contribution in [0.4, 0.5) is 5.69 Å². The molecule has 3 rings (SSSR count). The third kappa shape index (κ3) is 4.76. The van der Waals surface area contributed by atoms with E-state index < -0.39 is 0 Å². The van der Waals surface area contributed by atoms with Crippen LogP contribution in [0.15, 0.2) is 41.4 Å². The first-order valence-corrected chi connectivity index (χ1v) is 8.21. The van der Waals surface area contributed by atoms with Gasteiger partial charge in [-0.05, 0) is 18.2 Å². The third-order valence-corrected chi connectivity index (χ3v) is 3.66. The molecule has 0 fully saturated rings. The van der Waals surface area contributed by atoms with Crippen molar-refractivity contribution in [3.63, 3.8) is 0 Å². The van der Waals surface area contributed by atoms with Crippen molar-refractivity contribution in [1.29, 1.82) is 0 Å². The number of nitrogens with two attached hydrogens (primary N) is 1. The largest absolute Gasteiger partial charge is 0.490 e. The van der Waals surface area contributed by atoms with Crippen molar-refractivity contribution in [3.05, 3.63) is 42.1 Å². The highest BCUT2D eigenvalue weighted by Crippen LogP contribution is 2.32. The number of aliphatic imine (C=N–C) groups is 1. The van der Waals surface area contributed by atoms with Gasteiger partial charge in [0.15, 0.2) is 17.5 Å². The van der Waals surface area contributed by atoms with Gasteiger partial charge in [-0.15, -0.1) is 0 Å². The number of nitrogens with zero attached hydrogens (tertiary/aromatic N) is 2. The van der Waals surface area contributed by atoms with Crippen LogP contribution in [-0.2, 0) is 6.42 Å². The van der Waals surface area contributed by atoms with Gasteiger partial charge in [-0.25, -0.2) is 4.98 Å². The first-order valence-electron chi connectivity index (χ1n) is 8.21. The van der Waals surface area contributed by atoms with E-state index in [1.54, 1.807) is 7.11 Å². The second-order valence-corrected chi connectivity index (χ2v) is 5.53. The number of nitrogens with one attached hydrogen (secondary N) is 1. The molecule has 0 saturated heterocycles. The summed E-state index contributed by atoms with van der Waals surface area (Å²) in [6.07, 6.45) is 1.56. The summed E-state index contributed by atoms with van der Waals surface area (Å²) in [5.41, 5.74) is 7.67. The van der Waals surface area contributed by atoms with Crippen molar-refractivity contribution < 1.29 is 14.2 Å². The SMILES string of the molecule is COc1cccc(CCN=C(N)Nc2ccc3c(c2)OCCCO3)n1. The second kappa shape index (κ2) is 8.23. The maximum absolute atomic E-state index is 5.95. The minimum atomic E-state index is 0.345. The molecule has 132 valence electrons. The van der Waals surface area contributed by atoms with Crippen LogP contribution in [0.3, 0.4) is 0 Å². The fourth-order valence-corrected chi connectivity index (χ4v) is 2.43. The van der Waals surface area contributed by atoms with Crippen molar-refractivity contribution in [2.24, 2.45) is 10.7 Å². The smallest absolute Gasteiger partial charge is 0.213 e. The maximum atomic E-state index is 5.95. The molecule has 0 spiro atoms. The highest BCUT2D eigenvalue weighted by Gasteiger charge is 2.10. The summed E-state index contributed by atoms with van der Waals surface area (Å²) in [5, 5.41) is 3.07. The molecule has 1 aromatic heterocycles. The summed E-state index contributed by atoms with van der Waals surface area (Å²) in [4.78, 5) is 8.68. The number of ether oxygens (including phenoxy) is 3. The van der Waals surface area contributed by atoms with Gasteiger partial charge in [0.2, 0.25) is 5.88 Å². The van der Waals surface area contributed by atoms with Crippen molar-refractivity contribution >= 4 is 11.6 Å². The van der Waals surface area contributed by atoms with Crippen LogP contribution in [0.2, 0.25) is 0 Å². The van der Waals surface area contributed by atoms with E-state index in [0.29, 0.717) is 38.0 Å². The predicted octanol–water partition coefficient (Wildman–Crippen LogP) is 2.22. The Kier molecular flexibility index (Phi) is 5.56. The van der Waals surface area contributed by atoms with E-state index in [1.165, 1.54) is 0 Å². The molecule has 1 aliphatic heterocycles. The predicted molar refractivity (Wildman–Crippen MR) is 96.7 cm³/mol. The highest BCUT2D eigenvalue weighted by molar-refractivity contribution is 5.92. The molecule has 1 aliphatic rings. The topological polar surface area (TPSA) is 91.0 Å². The quantitative estimate of drug-likeness (QED) is 0.639. The molecular formula is C18H22N4O3. The number of hydrogen-bond donors (Lipinski definition) is 2. The second-order valence-electron chi connectivity index (χ2n) is 5.53. The van der Waals surface area contributed by atoms with Gasteiger partial charge in [0.25, 0.3) is 0 Å². The van der Waals surface area contributed by atoms with Gasteiger partial charge in [-0.1, -0.05) is 6.07 Å². The number of hydrogen-bond acceptors (Lipinski definition) is 5. The monoisotopic (exact) mass is 342 g/mol. The van der Waals surface area contributed by atoms with Crippen LogP contribution in [-0.4, -0.2) is 37.8 Å². The Bertz CT molecular complexity index is 749. The lowest BCUT2D eigenvalue weighted by atomic mass is 10.2. The molecule has 1 aromatic carbocycles. The number of aromatic nitrogens is 1. The first-order chi connectivity index (χ1) is 12.2. The van der Waals surface area contributed by atoms with Crippen molar-refractivity contribution in [2.45, 2.75) is 12.8 Å². The number of benzene rings is 1. The van der Waals surface area contributed by atoms with Gasteiger partial charge < -0.3 is 25.3 Å². The number of fused-ring (bicyclic) bond motifs is 1. The zero-order valence-corrected chi connectivity index (χ0v) is 14.2. The molecule has 0 radical (unpaired) electrons. The minimum Gasteiger partial charge on any atom is -0.490 e. The maximum Gasteiger partial charge on any atom is 0.213 e. The zero-order valence-electron chi connectivity index (χ0n) is 14.2. The summed E-state index contributed by atoms with van der Waals surface area (Å²) in [6, 6.07) is 11.3. The molecule has 25 heavy (non-hydrogen) atoms. The van der Waals surface area contributed by atoms with Crippen LogP contribution in [0, 0.1) is 0 Å². The Balaban J connectivity index is 1.57. The van der Waals surface area contributed by atoms with Crippen molar-refractivity contribution in [3.8, 4) is 17.4 Å². The van der Waals surface area contributed by atoms with E-state index in [1.807, 2.05) is 36.4 Å². The molecule has 0 unspecified atom stereocenters. The van der Waals surface area contributed by atoms with Crippen LogP contribution < -0.4 is 25.3 Å². The Morgan fingerprint density at radius 3 is 2.92 bits per heavy atom. The number of rotatable bonds is 5. The first kappa shape index (κ1) is 16.9. The average Bonchev–Trinajstić information content (AvgIpc) is 2.87. The number of pyridine rings is 1. The van der Waals surface area contributed by atoms with Crippen molar-refractivity contribution in [1.82, 2.24) is 4.98 Å². The molecule has 0 bridgehead atoms. The Hall–Kier alpha value is -2.96. The molecule has 2 aromatic rings. The fraction of sp³-hybridized carbons (Fsp3) is 0.333. The van der Waals surface area contributed by atoms with Gasteiger partial charge in [0, 0.05) is 42.9 Å². The van der Waals surface area contributed by atoms with Crippen molar-refractivity contribution in [2.75, 3.05) is 32.2 Å². The third-order valence-electron chi connectivity index (χ3n) is 3.66. The number of methoxy groups -OCH3 is 1. The summed E-state index contributed by atoms with van der Waals surface area (Å²) in [6.45, 7) is 1.85. The Morgan fingerprint density at radius 1 is 1.24 bits per heavy atom. The summed E-state index contributed by atoms with van der Waals surface area (Å²) in [5.74, 6) is 2.41. The lowest BCUT2D eigenvalue weighted by Crippen LogP contribution is -2.23. The van der Waals surface area contributed by atoms with Gasteiger partial charge in [-0.3, -0.25) is 4.99 Å². The average molecular weight is 342 g/mol. The van der Waals surface area contributed by atoms with Gasteiger partial charge in [-0.2, -0.15) is 0 Å². The van der Waals surface area contributed by atoms with E-state index in [4.69, 9.17) is 19.9 Å². The normalized spacial score (nSPS) is 13.9. The van der Waals surface area contributed by atoms with E-state index in [9.17, 15) is 0 Å². The van der Waals surface area contributed by atoms with Gasteiger partial charge in [0.05, 0.1) is 20.3 Å². The molecule has 7 heteroatoms. The van der Waals surface area contributed by atoms with Crippen LogP contribution in [0.5, 0.6) is 17.4 Å². The van der Waals surface area contributed by atoms with E-state index in [2.05, 4.69) is 15.3 Å². The van der Waals surface area contributed by atoms with Crippen LogP contribution in [0.1, 0.15) is 12.1 Å². The summed E-state index contributed by atoms with van der Waals surface area (Å²) in [7, 11) is 1.60. The molecule has 2 heterocycles. The van der Waals surface area contributed by atoms with E-state index in [0.717, 1.165) is 29.3 Å². The molecular weight excluding hydrogens is 320 g/mol. The standard InChI is InChI=1S/C18H22N4O3/c1-23-17-5-2-4-13(21-17)8-9-20-18(19)22-14-6-7-15-16(12-14)25-11-3-10-24-15/h2,4-7,12H,3,8-11H2,1H3,(H3,19,20,22). The van der Waals surface area contributed by atoms with Gasteiger partial charge in [0.1, 0.15) is 0 Å². The fourth-order valence-electron chi connectivity index (χ4n) is 2.43. The summed E-state index contributed by atoms with van der Waals surface area (Å²) < 4.78 is 16.4. The summed E-state index contributed by atoms with van der Waals surface area (Å²) >= 11 is 0. The lowest BCUT2D eigenvalue weighted by Gasteiger charge is -2.10. The van der Waals surface area contributed by atoms with Crippen LogP contribution in [0.25, 0.3) is 0 Å². The van der Waals surface area contributed by atoms with E-state index in [-0.39, 0.29) is 0 Å². The number of anilines is 1.